The smallest absolute Gasteiger partial charge is 0.113 e. The van der Waals surface area contributed by atoms with Crippen LogP contribution in [0.3, 0.4) is 0 Å². The van der Waals surface area contributed by atoms with Crippen molar-refractivity contribution in [2.24, 2.45) is 0 Å². The predicted octanol–water partition coefficient (Wildman–Crippen LogP) is 11.9. The van der Waals surface area contributed by atoms with Gasteiger partial charge in [0.2, 0.25) is 0 Å². The van der Waals surface area contributed by atoms with Gasteiger partial charge < -0.3 is 4.90 Å². The molecule has 0 unspecified atom stereocenters. The van der Waals surface area contributed by atoms with Crippen molar-refractivity contribution in [3.05, 3.63) is 150 Å². The van der Waals surface area contributed by atoms with Crippen LogP contribution in [0.15, 0.2) is 127 Å². The molecule has 248 valence electrons. The standard InChI is InChI=1S/C48H47NSi/c1-46(2)30-47(3,4)45-35(16-13-18-41(45)46)31-20-22-32(23-21-31)49(33-24-26-37-36-14-9-11-17-40(36)48(5,6)42(37)28-33)34-25-27-39-38-15-10-12-19-43(38)50(7,8)44(39)29-34/h9-29H,30H2,1-8H3. The van der Waals surface area contributed by atoms with E-state index in [9.17, 15) is 0 Å². The predicted molar refractivity (Wildman–Crippen MR) is 217 cm³/mol. The van der Waals surface area contributed by atoms with Crippen molar-refractivity contribution in [1.82, 2.24) is 0 Å². The molecule has 0 radical (unpaired) electrons. The molecule has 1 aliphatic heterocycles. The Bertz CT molecular complexity index is 2250. The summed E-state index contributed by atoms with van der Waals surface area (Å²) in [6, 6.07) is 48.8. The monoisotopic (exact) mass is 665 g/mol. The fourth-order valence-electron chi connectivity index (χ4n) is 10.3. The summed E-state index contributed by atoms with van der Waals surface area (Å²) in [5, 5.41) is 3.07. The minimum Gasteiger partial charge on any atom is -0.310 e. The molecule has 2 heteroatoms. The molecule has 0 fully saturated rings. The lowest BCUT2D eigenvalue weighted by Gasteiger charge is -2.29. The molecule has 9 rings (SSSR count). The van der Waals surface area contributed by atoms with Crippen LogP contribution in [-0.2, 0) is 16.2 Å². The zero-order valence-electron chi connectivity index (χ0n) is 30.8. The summed E-state index contributed by atoms with van der Waals surface area (Å²) in [5.74, 6) is 0. The molecule has 1 heterocycles. The first kappa shape index (κ1) is 31.3. The van der Waals surface area contributed by atoms with Crippen molar-refractivity contribution in [1.29, 1.82) is 0 Å². The van der Waals surface area contributed by atoms with Crippen molar-refractivity contribution in [2.75, 3.05) is 4.90 Å². The summed E-state index contributed by atoms with van der Waals surface area (Å²) < 4.78 is 0. The Morgan fingerprint density at radius 1 is 0.460 bits per heavy atom. The van der Waals surface area contributed by atoms with Gasteiger partial charge >= 0.3 is 0 Å². The van der Waals surface area contributed by atoms with E-state index in [1.54, 1.807) is 5.19 Å². The molecule has 0 amide bonds. The van der Waals surface area contributed by atoms with Crippen molar-refractivity contribution < 1.29 is 0 Å². The largest absolute Gasteiger partial charge is 0.310 e. The molecule has 3 aliphatic rings. The van der Waals surface area contributed by atoms with E-state index in [1.807, 2.05) is 0 Å². The molecule has 0 saturated heterocycles. The summed E-state index contributed by atoms with van der Waals surface area (Å²) >= 11 is 0. The molecule has 0 aromatic heterocycles. The highest BCUT2D eigenvalue weighted by Crippen LogP contribution is 2.53. The number of fused-ring (bicyclic) bond motifs is 7. The SMILES string of the molecule is CC1(C)CC(C)(C)c2c(-c3ccc(N(c4ccc5c(c4)C(C)(C)c4ccccc4-5)c4ccc5c(c4)[Si](C)(C)c4ccccc4-5)cc3)cccc21. The van der Waals surface area contributed by atoms with Gasteiger partial charge in [-0.2, -0.15) is 0 Å². The van der Waals surface area contributed by atoms with Gasteiger partial charge in [0.1, 0.15) is 8.07 Å². The Hall–Kier alpha value is -4.66. The van der Waals surface area contributed by atoms with Gasteiger partial charge in [-0.25, -0.2) is 0 Å². The zero-order valence-corrected chi connectivity index (χ0v) is 31.8. The van der Waals surface area contributed by atoms with Gasteiger partial charge in [0.25, 0.3) is 0 Å². The van der Waals surface area contributed by atoms with Crippen LogP contribution in [0, 0.1) is 0 Å². The van der Waals surface area contributed by atoms with Gasteiger partial charge in [-0.15, -0.1) is 0 Å². The number of anilines is 3. The van der Waals surface area contributed by atoms with E-state index < -0.39 is 8.07 Å². The van der Waals surface area contributed by atoms with E-state index in [2.05, 4.69) is 187 Å². The minimum atomic E-state index is -1.86. The lowest BCUT2D eigenvalue weighted by atomic mass is 9.80. The molecule has 1 nitrogen and oxygen atoms in total. The number of nitrogens with zero attached hydrogens (tertiary/aromatic N) is 1. The van der Waals surface area contributed by atoms with E-state index in [0.29, 0.717) is 0 Å². The van der Waals surface area contributed by atoms with Gasteiger partial charge in [-0.1, -0.05) is 146 Å². The van der Waals surface area contributed by atoms with Crippen molar-refractivity contribution in [3.63, 3.8) is 0 Å². The molecular weight excluding hydrogens is 619 g/mol. The van der Waals surface area contributed by atoms with E-state index >= 15 is 0 Å². The van der Waals surface area contributed by atoms with Crippen LogP contribution in [0.5, 0.6) is 0 Å². The number of benzene rings is 6. The number of hydrogen-bond acceptors (Lipinski definition) is 1. The van der Waals surface area contributed by atoms with Crippen LogP contribution in [0.1, 0.15) is 70.2 Å². The van der Waals surface area contributed by atoms with Crippen LogP contribution < -0.4 is 15.3 Å². The van der Waals surface area contributed by atoms with E-state index in [-0.39, 0.29) is 16.2 Å². The fraction of sp³-hybridized carbons (Fsp3) is 0.250. The number of hydrogen-bond donors (Lipinski definition) is 0. The summed E-state index contributed by atoms with van der Waals surface area (Å²) in [6.45, 7) is 19.4. The molecule has 2 aliphatic carbocycles. The Morgan fingerprint density at radius 3 is 1.78 bits per heavy atom. The van der Waals surface area contributed by atoms with Crippen molar-refractivity contribution >= 4 is 35.5 Å². The molecule has 0 bridgehead atoms. The first-order valence-electron chi connectivity index (χ1n) is 18.3. The summed E-state index contributed by atoms with van der Waals surface area (Å²) in [5.41, 5.74) is 17.9. The van der Waals surface area contributed by atoms with Gasteiger partial charge in [0, 0.05) is 22.5 Å². The van der Waals surface area contributed by atoms with Crippen LogP contribution in [0.4, 0.5) is 17.1 Å². The Balaban J connectivity index is 1.20. The van der Waals surface area contributed by atoms with Crippen molar-refractivity contribution in [3.8, 4) is 33.4 Å². The fourth-order valence-corrected chi connectivity index (χ4v) is 13.4. The summed E-state index contributed by atoms with van der Waals surface area (Å²) in [4.78, 5) is 2.50. The van der Waals surface area contributed by atoms with Crippen LogP contribution in [0.2, 0.25) is 13.1 Å². The molecule has 0 spiro atoms. The molecule has 50 heavy (non-hydrogen) atoms. The maximum Gasteiger partial charge on any atom is 0.113 e. The van der Waals surface area contributed by atoms with Crippen LogP contribution >= 0.6 is 0 Å². The second-order valence-electron chi connectivity index (χ2n) is 17.4. The number of rotatable bonds is 4. The lowest BCUT2D eigenvalue weighted by molar-refractivity contribution is 0.403. The Morgan fingerprint density at radius 2 is 1.02 bits per heavy atom. The average molecular weight is 666 g/mol. The normalized spacial score (nSPS) is 17.8. The molecular formula is C48H47NSi. The summed E-state index contributed by atoms with van der Waals surface area (Å²) in [7, 11) is -1.86. The molecule has 6 aromatic carbocycles. The molecule has 0 N–H and O–H groups in total. The third kappa shape index (κ3) is 4.37. The van der Waals surface area contributed by atoms with Crippen molar-refractivity contribution in [2.45, 2.75) is 77.3 Å². The minimum absolute atomic E-state index is 0.0692. The topological polar surface area (TPSA) is 3.24 Å². The third-order valence-corrected chi connectivity index (χ3v) is 16.0. The molecule has 0 atom stereocenters. The zero-order chi connectivity index (χ0) is 34.8. The molecule has 6 aromatic rings. The van der Waals surface area contributed by atoms with Crippen LogP contribution in [0.25, 0.3) is 33.4 Å². The van der Waals surface area contributed by atoms with Gasteiger partial charge in [0.05, 0.1) is 0 Å². The quantitative estimate of drug-likeness (QED) is 0.169. The lowest BCUT2D eigenvalue weighted by Crippen LogP contribution is -2.49. The van der Waals surface area contributed by atoms with E-state index in [1.165, 1.54) is 84.3 Å². The van der Waals surface area contributed by atoms with E-state index in [0.717, 1.165) is 0 Å². The third-order valence-electron chi connectivity index (χ3n) is 12.4. The molecule has 0 saturated carbocycles. The highest BCUT2D eigenvalue weighted by atomic mass is 28.3. The first-order chi connectivity index (χ1) is 23.8. The maximum absolute atomic E-state index is 2.51. The van der Waals surface area contributed by atoms with Gasteiger partial charge in [-0.05, 0) is 120 Å². The second-order valence-corrected chi connectivity index (χ2v) is 21.7. The Labute approximate surface area is 299 Å². The van der Waals surface area contributed by atoms with E-state index in [4.69, 9.17) is 0 Å². The van der Waals surface area contributed by atoms with Crippen LogP contribution in [-0.4, -0.2) is 8.07 Å². The Kier molecular flexibility index (Phi) is 6.54. The second kappa shape index (κ2) is 10.4. The summed E-state index contributed by atoms with van der Waals surface area (Å²) in [6.07, 6.45) is 1.17. The van der Waals surface area contributed by atoms with Gasteiger partial charge in [-0.3, -0.25) is 0 Å². The maximum atomic E-state index is 2.51. The highest BCUT2D eigenvalue weighted by Gasteiger charge is 2.43. The first-order valence-corrected chi connectivity index (χ1v) is 21.3. The highest BCUT2D eigenvalue weighted by molar-refractivity contribution is 7.03. The average Bonchev–Trinajstić information content (AvgIpc) is 3.56. The van der Waals surface area contributed by atoms with Gasteiger partial charge in [0.15, 0.2) is 0 Å².